The third kappa shape index (κ3) is 1.28. The molecule has 0 bridgehead atoms. The summed E-state index contributed by atoms with van der Waals surface area (Å²) in [5.74, 6) is 0. The van der Waals surface area contributed by atoms with Gasteiger partial charge in [0.25, 0.3) is 0 Å². The standard InChI is InChI=1S/C15H17NS/c1-16-12-8-4-2-6-10(12)14-11-7-3-5-9-13(11)17-15(14)16/h2,4,6,8,13,15H,3,5,7,9H2,1H3. The van der Waals surface area contributed by atoms with Gasteiger partial charge in [0, 0.05) is 23.5 Å². The summed E-state index contributed by atoms with van der Waals surface area (Å²) in [5, 5.41) is 1.42. The first kappa shape index (κ1) is 10.1. The molecule has 1 aliphatic carbocycles. The van der Waals surface area contributed by atoms with Crippen molar-refractivity contribution in [2.75, 3.05) is 11.9 Å². The van der Waals surface area contributed by atoms with Crippen molar-refractivity contribution < 1.29 is 0 Å². The van der Waals surface area contributed by atoms with E-state index in [4.69, 9.17) is 0 Å². The van der Waals surface area contributed by atoms with Gasteiger partial charge in [0.15, 0.2) is 0 Å². The number of likely N-dealkylation sites (N-methyl/N-ethyl adjacent to an activating group) is 1. The zero-order valence-electron chi connectivity index (χ0n) is 10.1. The Morgan fingerprint density at radius 2 is 2.12 bits per heavy atom. The van der Waals surface area contributed by atoms with E-state index in [9.17, 15) is 0 Å². The smallest absolute Gasteiger partial charge is 0.101 e. The van der Waals surface area contributed by atoms with Crippen LogP contribution in [-0.4, -0.2) is 17.7 Å². The molecular weight excluding hydrogens is 226 g/mol. The van der Waals surface area contributed by atoms with Crippen LogP contribution in [0.1, 0.15) is 31.2 Å². The normalized spacial score (nSPS) is 30.3. The maximum absolute atomic E-state index is 2.47. The van der Waals surface area contributed by atoms with Gasteiger partial charge < -0.3 is 4.90 Å². The molecule has 0 amide bonds. The summed E-state index contributed by atoms with van der Waals surface area (Å²) in [6.45, 7) is 0. The fourth-order valence-corrected chi connectivity index (χ4v) is 5.28. The molecule has 3 aliphatic rings. The third-order valence-corrected chi connectivity index (χ3v) is 6.02. The Labute approximate surface area is 107 Å². The molecule has 0 radical (unpaired) electrons. The summed E-state index contributed by atoms with van der Waals surface area (Å²) in [7, 11) is 2.25. The van der Waals surface area contributed by atoms with Crippen molar-refractivity contribution in [3.8, 4) is 0 Å². The number of rotatable bonds is 0. The Morgan fingerprint density at radius 1 is 1.24 bits per heavy atom. The van der Waals surface area contributed by atoms with E-state index in [1.165, 1.54) is 36.9 Å². The second kappa shape index (κ2) is 3.55. The topological polar surface area (TPSA) is 3.24 Å². The molecule has 4 rings (SSSR count). The average Bonchev–Trinajstić information content (AvgIpc) is 2.88. The van der Waals surface area contributed by atoms with Crippen molar-refractivity contribution in [3.63, 3.8) is 0 Å². The lowest BCUT2D eigenvalue weighted by Crippen LogP contribution is -2.22. The number of hydrogen-bond acceptors (Lipinski definition) is 2. The summed E-state index contributed by atoms with van der Waals surface area (Å²) in [4.78, 5) is 2.47. The van der Waals surface area contributed by atoms with E-state index in [0.29, 0.717) is 5.37 Å². The molecule has 88 valence electrons. The van der Waals surface area contributed by atoms with Crippen LogP contribution in [0.4, 0.5) is 5.69 Å². The van der Waals surface area contributed by atoms with Gasteiger partial charge in [-0.1, -0.05) is 30.2 Å². The average molecular weight is 243 g/mol. The maximum Gasteiger partial charge on any atom is 0.101 e. The van der Waals surface area contributed by atoms with Gasteiger partial charge in [0.2, 0.25) is 0 Å². The molecule has 1 nitrogen and oxygen atoms in total. The lowest BCUT2D eigenvalue weighted by molar-refractivity contribution is 0.614. The van der Waals surface area contributed by atoms with E-state index in [1.807, 2.05) is 0 Å². The molecule has 0 aromatic heterocycles. The highest BCUT2D eigenvalue weighted by molar-refractivity contribution is 8.01. The van der Waals surface area contributed by atoms with Gasteiger partial charge in [0.1, 0.15) is 5.37 Å². The molecule has 2 unspecified atom stereocenters. The lowest BCUT2D eigenvalue weighted by atomic mass is 9.89. The number of para-hydroxylation sites is 1. The first-order chi connectivity index (χ1) is 8.36. The van der Waals surface area contributed by atoms with Gasteiger partial charge in [-0.3, -0.25) is 0 Å². The molecule has 0 N–H and O–H groups in total. The minimum atomic E-state index is 0.602. The van der Waals surface area contributed by atoms with Crippen LogP contribution in [0.3, 0.4) is 0 Å². The fraction of sp³-hybridized carbons (Fsp3) is 0.467. The molecule has 0 spiro atoms. The molecule has 1 aromatic carbocycles. The van der Waals surface area contributed by atoms with Crippen LogP contribution in [0.5, 0.6) is 0 Å². The summed E-state index contributed by atoms with van der Waals surface area (Å²) in [6, 6.07) is 8.92. The maximum atomic E-state index is 2.47. The van der Waals surface area contributed by atoms with Crippen LogP contribution >= 0.6 is 11.8 Å². The number of anilines is 1. The minimum Gasteiger partial charge on any atom is -0.358 e. The van der Waals surface area contributed by atoms with Crippen molar-refractivity contribution in [1.29, 1.82) is 0 Å². The largest absolute Gasteiger partial charge is 0.358 e. The molecule has 2 atom stereocenters. The monoisotopic (exact) mass is 243 g/mol. The van der Waals surface area contributed by atoms with Crippen molar-refractivity contribution in [2.45, 2.75) is 36.3 Å². The van der Waals surface area contributed by atoms with Crippen LogP contribution < -0.4 is 4.90 Å². The zero-order chi connectivity index (χ0) is 11.4. The Morgan fingerprint density at radius 3 is 3.06 bits per heavy atom. The van der Waals surface area contributed by atoms with Gasteiger partial charge in [-0.15, -0.1) is 11.8 Å². The highest BCUT2D eigenvalue weighted by atomic mass is 32.2. The van der Waals surface area contributed by atoms with Crippen LogP contribution in [-0.2, 0) is 0 Å². The van der Waals surface area contributed by atoms with Crippen molar-refractivity contribution in [3.05, 3.63) is 35.4 Å². The summed E-state index contributed by atoms with van der Waals surface area (Å²) < 4.78 is 0. The number of hydrogen-bond donors (Lipinski definition) is 0. The predicted octanol–water partition coefficient (Wildman–Crippen LogP) is 3.91. The SMILES string of the molecule is CN1c2ccccc2C2=C3CCCCC3SC21. The Hall–Kier alpha value is -0.890. The first-order valence-electron chi connectivity index (χ1n) is 6.57. The molecule has 1 aromatic rings. The quantitative estimate of drug-likeness (QED) is 0.680. The molecule has 2 heterocycles. The minimum absolute atomic E-state index is 0.602. The molecular formula is C15H17NS. The summed E-state index contributed by atoms with van der Waals surface area (Å²) in [6.07, 6.45) is 5.56. The van der Waals surface area contributed by atoms with Crippen molar-refractivity contribution >= 4 is 23.0 Å². The van der Waals surface area contributed by atoms with Gasteiger partial charge in [-0.2, -0.15) is 0 Å². The number of nitrogens with zero attached hydrogens (tertiary/aromatic N) is 1. The Bertz CT molecular complexity index is 505. The zero-order valence-corrected chi connectivity index (χ0v) is 11.0. The van der Waals surface area contributed by atoms with Gasteiger partial charge >= 0.3 is 0 Å². The van der Waals surface area contributed by atoms with E-state index in [2.05, 4.69) is 48.0 Å². The molecule has 1 saturated carbocycles. The van der Waals surface area contributed by atoms with Crippen molar-refractivity contribution in [1.82, 2.24) is 0 Å². The fourth-order valence-electron chi connectivity index (χ4n) is 3.55. The van der Waals surface area contributed by atoms with E-state index >= 15 is 0 Å². The summed E-state index contributed by atoms with van der Waals surface area (Å²) in [5.41, 5.74) is 6.37. The van der Waals surface area contributed by atoms with E-state index in [-0.39, 0.29) is 0 Å². The number of benzene rings is 1. The second-order valence-corrected chi connectivity index (χ2v) is 6.58. The summed E-state index contributed by atoms with van der Waals surface area (Å²) >= 11 is 2.18. The molecule has 17 heavy (non-hydrogen) atoms. The molecule has 1 fully saturated rings. The Kier molecular flexibility index (Phi) is 2.10. The van der Waals surface area contributed by atoms with Crippen molar-refractivity contribution in [2.24, 2.45) is 0 Å². The van der Waals surface area contributed by atoms with Crippen LogP contribution in [0.2, 0.25) is 0 Å². The predicted molar refractivity (Wildman–Crippen MR) is 75.4 cm³/mol. The Balaban J connectivity index is 1.91. The highest BCUT2D eigenvalue weighted by Gasteiger charge is 2.42. The number of thioether (sulfide) groups is 1. The lowest BCUT2D eigenvalue weighted by Gasteiger charge is -2.24. The van der Waals surface area contributed by atoms with Gasteiger partial charge in [0.05, 0.1) is 0 Å². The van der Waals surface area contributed by atoms with Crippen LogP contribution in [0, 0.1) is 0 Å². The third-order valence-electron chi connectivity index (χ3n) is 4.36. The first-order valence-corrected chi connectivity index (χ1v) is 7.51. The number of fused-ring (bicyclic) bond motifs is 4. The van der Waals surface area contributed by atoms with Crippen LogP contribution in [0.25, 0.3) is 5.57 Å². The van der Waals surface area contributed by atoms with E-state index in [1.54, 1.807) is 11.1 Å². The van der Waals surface area contributed by atoms with Gasteiger partial charge in [-0.05, 0) is 30.9 Å². The molecule has 0 saturated heterocycles. The van der Waals surface area contributed by atoms with Gasteiger partial charge in [-0.25, -0.2) is 0 Å². The molecule has 2 aliphatic heterocycles. The van der Waals surface area contributed by atoms with Crippen LogP contribution in [0.15, 0.2) is 29.8 Å². The van der Waals surface area contributed by atoms with E-state index in [0.717, 1.165) is 5.25 Å². The highest BCUT2D eigenvalue weighted by Crippen LogP contribution is 2.56. The molecule has 2 heteroatoms. The van der Waals surface area contributed by atoms with E-state index < -0.39 is 0 Å². The second-order valence-electron chi connectivity index (χ2n) is 5.29.